The van der Waals surface area contributed by atoms with E-state index >= 15 is 0 Å². The van der Waals surface area contributed by atoms with Crippen LogP contribution in [-0.2, 0) is 45.2 Å². The standard InChI is InChI=1S/C28H33NO11/c1-13(30)15(3)37-26(35)19(39-25(34)14(2)31)12-21(33)38-18-7-8-28(36)20-11-16-5-6-17(32)23-22(16)27(28,24(18)40-23)9-10-29(20)4/h5-7,14-15,19-20,24,31-32,36H,8-12H2,1-4H3/t14-,15-,19-,20+,24-,27-,28+/m0/s1. The fraction of sp³-hybridized carbons (Fsp3) is 0.571. The second-order valence-corrected chi connectivity index (χ2v) is 11.1. The molecule has 12 heteroatoms. The minimum atomic E-state index is -1.78. The van der Waals surface area contributed by atoms with Gasteiger partial charge in [-0.1, -0.05) is 6.07 Å². The second-order valence-electron chi connectivity index (χ2n) is 11.1. The van der Waals surface area contributed by atoms with Gasteiger partial charge in [-0.2, -0.15) is 0 Å². The molecule has 5 rings (SSSR count). The molecule has 0 radical (unpaired) electrons. The smallest absolute Gasteiger partial charge is 0.348 e. The molecule has 0 amide bonds. The van der Waals surface area contributed by atoms with Crippen LogP contribution in [0.2, 0.25) is 0 Å². The number of piperidine rings is 1. The third kappa shape index (κ3) is 4.16. The summed E-state index contributed by atoms with van der Waals surface area (Å²) in [6.07, 6.45) is -3.44. The molecule has 1 aromatic carbocycles. The molecule has 2 heterocycles. The number of aromatic hydroxyl groups is 1. The number of phenols is 1. The molecular weight excluding hydrogens is 526 g/mol. The lowest BCUT2D eigenvalue weighted by Gasteiger charge is -2.61. The minimum absolute atomic E-state index is 0.0830. The number of esters is 3. The Kier molecular flexibility index (Phi) is 6.92. The lowest BCUT2D eigenvalue weighted by molar-refractivity contribution is -0.180. The van der Waals surface area contributed by atoms with Crippen LogP contribution in [0.3, 0.4) is 0 Å². The number of likely N-dealkylation sites (tertiary alicyclic amines) is 1. The van der Waals surface area contributed by atoms with Crippen LogP contribution in [0, 0.1) is 0 Å². The van der Waals surface area contributed by atoms with Gasteiger partial charge in [-0.15, -0.1) is 0 Å². The molecule has 1 saturated heterocycles. The van der Waals surface area contributed by atoms with Gasteiger partial charge in [0.15, 0.2) is 29.5 Å². The zero-order valence-corrected chi connectivity index (χ0v) is 22.7. The third-order valence-electron chi connectivity index (χ3n) is 8.66. The number of carbonyl (C=O) groups is 4. The Hall–Kier alpha value is -3.48. The SMILES string of the molecule is CC(=O)[C@H](C)OC(=O)[C@H](CC(=O)OC1=CC[C@@]2(O)[C@H]3Cc4ccc(O)c5c4[C@@]2(CCN3C)[C@H]1O5)OC(=O)[C@H](C)O. The van der Waals surface area contributed by atoms with Gasteiger partial charge < -0.3 is 39.2 Å². The average molecular weight is 560 g/mol. The molecule has 1 fully saturated rings. The first kappa shape index (κ1) is 28.1. The molecule has 12 nitrogen and oxygen atoms in total. The van der Waals surface area contributed by atoms with E-state index in [1.54, 1.807) is 12.1 Å². The Morgan fingerprint density at radius 2 is 1.90 bits per heavy atom. The third-order valence-corrected chi connectivity index (χ3v) is 8.66. The molecule has 0 saturated carbocycles. The van der Waals surface area contributed by atoms with Crippen LogP contribution in [0.1, 0.15) is 51.2 Å². The van der Waals surface area contributed by atoms with Gasteiger partial charge in [0, 0.05) is 18.0 Å². The summed E-state index contributed by atoms with van der Waals surface area (Å²) in [4.78, 5) is 51.5. The van der Waals surface area contributed by atoms with Crippen molar-refractivity contribution in [2.75, 3.05) is 13.6 Å². The maximum absolute atomic E-state index is 13.1. The zero-order valence-electron chi connectivity index (χ0n) is 22.7. The number of likely N-dealkylation sites (N-methyl/N-ethyl adjacent to an activating group) is 1. The van der Waals surface area contributed by atoms with Crippen molar-refractivity contribution in [3.05, 3.63) is 35.1 Å². The van der Waals surface area contributed by atoms with Gasteiger partial charge in [0.1, 0.15) is 11.9 Å². The number of aliphatic hydroxyl groups excluding tert-OH is 1. The topological polar surface area (TPSA) is 169 Å². The first-order valence-electron chi connectivity index (χ1n) is 13.2. The van der Waals surface area contributed by atoms with Crippen molar-refractivity contribution in [1.29, 1.82) is 0 Å². The van der Waals surface area contributed by atoms with Gasteiger partial charge in [0.2, 0.25) is 6.10 Å². The summed E-state index contributed by atoms with van der Waals surface area (Å²) < 4.78 is 21.9. The monoisotopic (exact) mass is 559 g/mol. The van der Waals surface area contributed by atoms with Crippen molar-refractivity contribution in [2.24, 2.45) is 0 Å². The van der Waals surface area contributed by atoms with Crippen LogP contribution < -0.4 is 4.74 Å². The van der Waals surface area contributed by atoms with Crippen LogP contribution in [-0.4, -0.2) is 93.6 Å². The predicted octanol–water partition coefficient (Wildman–Crippen LogP) is 0.416. The molecular formula is C28H33NO11. The molecule has 2 aliphatic heterocycles. The van der Waals surface area contributed by atoms with Crippen LogP contribution >= 0.6 is 0 Å². The number of benzene rings is 1. The molecule has 0 aromatic heterocycles. The molecule has 7 atom stereocenters. The Labute approximate surface area is 230 Å². The number of rotatable bonds is 8. The van der Waals surface area contributed by atoms with Crippen LogP contribution in [0.15, 0.2) is 24.0 Å². The van der Waals surface area contributed by atoms with Gasteiger partial charge >= 0.3 is 17.9 Å². The Morgan fingerprint density at radius 1 is 1.18 bits per heavy atom. The number of hydrogen-bond acceptors (Lipinski definition) is 12. The maximum atomic E-state index is 13.1. The maximum Gasteiger partial charge on any atom is 0.348 e. The highest BCUT2D eigenvalue weighted by atomic mass is 16.6. The number of ketones is 1. The van der Waals surface area contributed by atoms with Crippen LogP contribution in [0.25, 0.3) is 0 Å². The summed E-state index contributed by atoms with van der Waals surface area (Å²) in [7, 11) is 1.95. The molecule has 2 aliphatic carbocycles. The molecule has 1 spiro atoms. The lowest BCUT2D eigenvalue weighted by atomic mass is 9.50. The molecule has 4 aliphatic rings. The van der Waals surface area contributed by atoms with Gasteiger partial charge in [-0.05, 0) is 64.9 Å². The van der Waals surface area contributed by atoms with Gasteiger partial charge in [0.05, 0.1) is 17.4 Å². The van der Waals surface area contributed by atoms with E-state index in [1.165, 1.54) is 13.8 Å². The first-order chi connectivity index (χ1) is 18.8. The van der Waals surface area contributed by atoms with E-state index in [9.17, 15) is 34.5 Å². The van der Waals surface area contributed by atoms with Crippen molar-refractivity contribution < 1.29 is 53.4 Å². The van der Waals surface area contributed by atoms with E-state index in [0.717, 1.165) is 18.1 Å². The number of phenolic OH excluding ortho intramolecular Hbond substituents is 1. The highest BCUT2D eigenvalue weighted by molar-refractivity contribution is 5.88. The van der Waals surface area contributed by atoms with Crippen molar-refractivity contribution in [3.63, 3.8) is 0 Å². The van der Waals surface area contributed by atoms with Crippen molar-refractivity contribution in [1.82, 2.24) is 4.90 Å². The molecule has 3 N–H and O–H groups in total. The zero-order chi connectivity index (χ0) is 29.1. The van der Waals surface area contributed by atoms with Gasteiger partial charge in [-0.25, -0.2) is 9.59 Å². The number of hydrogen-bond donors (Lipinski definition) is 3. The molecule has 216 valence electrons. The summed E-state index contributed by atoms with van der Waals surface area (Å²) in [5.41, 5.74) is -0.577. The van der Waals surface area contributed by atoms with E-state index in [1.807, 2.05) is 13.1 Å². The summed E-state index contributed by atoms with van der Waals surface area (Å²) in [6.45, 7) is 4.31. The van der Waals surface area contributed by atoms with E-state index in [-0.39, 0.29) is 29.7 Å². The number of Topliss-reactive ketones (excluding diaryl/α,β-unsaturated/α-hetero) is 1. The molecule has 0 unspecified atom stereocenters. The Morgan fingerprint density at radius 3 is 2.58 bits per heavy atom. The fourth-order valence-electron chi connectivity index (χ4n) is 6.51. The van der Waals surface area contributed by atoms with Gasteiger partial charge in [-0.3, -0.25) is 9.59 Å². The van der Waals surface area contributed by atoms with Crippen molar-refractivity contribution >= 4 is 23.7 Å². The Bertz CT molecular complexity index is 1310. The van der Waals surface area contributed by atoms with Crippen molar-refractivity contribution in [2.45, 2.75) is 87.9 Å². The fourth-order valence-corrected chi connectivity index (χ4v) is 6.51. The Balaban J connectivity index is 1.42. The predicted molar refractivity (Wildman–Crippen MR) is 135 cm³/mol. The minimum Gasteiger partial charge on any atom is -0.504 e. The number of aliphatic hydroxyl groups is 2. The van der Waals surface area contributed by atoms with Crippen LogP contribution in [0.4, 0.5) is 0 Å². The van der Waals surface area contributed by atoms with Crippen LogP contribution in [0.5, 0.6) is 11.5 Å². The molecule has 40 heavy (non-hydrogen) atoms. The highest BCUT2D eigenvalue weighted by Crippen LogP contribution is 2.65. The van der Waals surface area contributed by atoms with E-state index < -0.39 is 65.5 Å². The number of nitrogens with zero attached hydrogens (tertiary/aromatic N) is 1. The summed E-state index contributed by atoms with van der Waals surface area (Å²) in [5.74, 6) is -3.47. The van der Waals surface area contributed by atoms with E-state index in [2.05, 4.69) is 4.90 Å². The largest absolute Gasteiger partial charge is 0.504 e. The number of ether oxygens (including phenoxy) is 4. The molecule has 2 bridgehead atoms. The summed E-state index contributed by atoms with van der Waals surface area (Å²) >= 11 is 0. The first-order valence-corrected chi connectivity index (χ1v) is 13.2. The lowest BCUT2D eigenvalue weighted by Crippen LogP contribution is -2.74. The average Bonchev–Trinajstić information content (AvgIpc) is 3.25. The normalized spacial score (nSPS) is 30.1. The van der Waals surface area contributed by atoms with E-state index in [4.69, 9.17) is 18.9 Å². The molecule has 1 aromatic rings. The number of carbonyl (C=O) groups excluding carboxylic acids is 4. The second kappa shape index (κ2) is 9.86. The summed E-state index contributed by atoms with van der Waals surface area (Å²) in [5, 5.41) is 32.3. The van der Waals surface area contributed by atoms with Crippen molar-refractivity contribution in [3.8, 4) is 11.5 Å². The summed E-state index contributed by atoms with van der Waals surface area (Å²) in [6, 6.07) is 3.14. The van der Waals surface area contributed by atoms with E-state index in [0.29, 0.717) is 19.4 Å². The van der Waals surface area contributed by atoms with Gasteiger partial charge in [0.25, 0.3) is 0 Å². The quantitative estimate of drug-likeness (QED) is 0.297. The highest BCUT2D eigenvalue weighted by Gasteiger charge is 2.72.